The second kappa shape index (κ2) is 7.06. The van der Waals surface area contributed by atoms with E-state index in [0.717, 1.165) is 18.4 Å². The second-order valence-corrected chi connectivity index (χ2v) is 11.4. The fourth-order valence-corrected chi connectivity index (χ4v) is 7.70. The number of rotatable bonds is 4. The summed E-state index contributed by atoms with van der Waals surface area (Å²) >= 11 is 0. The largest absolute Gasteiger partial charge is 0.470 e. The van der Waals surface area contributed by atoms with Crippen LogP contribution in [-0.2, 0) is 18.7 Å². The number of aliphatic hydroxyl groups is 2. The minimum absolute atomic E-state index is 0.00547. The summed E-state index contributed by atoms with van der Waals surface area (Å²) in [5, 5.41) is 22.7. The van der Waals surface area contributed by atoms with Crippen molar-refractivity contribution in [3.63, 3.8) is 0 Å². The van der Waals surface area contributed by atoms with Gasteiger partial charge in [0.25, 0.3) is 0 Å². The fourth-order valence-electron chi connectivity index (χ4n) is 7.41. The van der Waals surface area contributed by atoms with Gasteiger partial charge in [-0.25, -0.2) is 4.57 Å². The number of hydrogen-bond donors (Lipinski definition) is 4. The van der Waals surface area contributed by atoms with Gasteiger partial charge in [0.1, 0.15) is 12.2 Å². The number of carbonyl (C=O) groups is 2. The highest BCUT2D eigenvalue weighted by Crippen LogP contribution is 2.67. The summed E-state index contributed by atoms with van der Waals surface area (Å²) in [6.45, 7) is 3.09. The maximum Gasteiger partial charge on any atom is 0.470 e. The number of fused-ring (bicyclic) bond motifs is 5. The monoisotopic (exact) mass is 442 g/mol. The first-order chi connectivity index (χ1) is 13.8. The van der Waals surface area contributed by atoms with Gasteiger partial charge in [-0.1, -0.05) is 19.4 Å². The third-order valence-corrected chi connectivity index (χ3v) is 9.34. The molecule has 0 heterocycles. The molecule has 168 valence electrons. The van der Waals surface area contributed by atoms with Gasteiger partial charge in [0, 0.05) is 11.8 Å². The van der Waals surface area contributed by atoms with Gasteiger partial charge in [0.2, 0.25) is 0 Å². The van der Waals surface area contributed by atoms with Crippen molar-refractivity contribution in [1.29, 1.82) is 0 Å². The van der Waals surface area contributed by atoms with Crippen molar-refractivity contribution in [2.24, 2.45) is 28.6 Å². The first-order valence-electron chi connectivity index (χ1n) is 10.7. The second-order valence-electron chi connectivity index (χ2n) is 10.2. The Morgan fingerprint density at radius 2 is 1.93 bits per heavy atom. The van der Waals surface area contributed by atoms with E-state index in [1.807, 2.05) is 6.92 Å². The highest BCUT2D eigenvalue weighted by atomic mass is 31.2. The minimum Gasteiger partial charge on any atom is -0.393 e. The zero-order valence-electron chi connectivity index (χ0n) is 17.4. The Kier molecular flexibility index (Phi) is 5.25. The van der Waals surface area contributed by atoms with Crippen LogP contribution in [0.25, 0.3) is 0 Å². The highest BCUT2D eigenvalue weighted by molar-refractivity contribution is 7.46. The van der Waals surface area contributed by atoms with Gasteiger partial charge in [-0.15, -0.1) is 0 Å². The van der Waals surface area contributed by atoms with E-state index in [0.29, 0.717) is 19.3 Å². The number of Topliss-reactive ketones (excluding diaryl/α,β-unsaturated/α-hetero) is 1. The minimum atomic E-state index is -4.83. The highest BCUT2D eigenvalue weighted by Gasteiger charge is 2.68. The van der Waals surface area contributed by atoms with Crippen LogP contribution in [0.1, 0.15) is 58.8 Å². The molecule has 4 aliphatic carbocycles. The van der Waals surface area contributed by atoms with Crippen LogP contribution in [0, 0.1) is 28.6 Å². The molecular weight excluding hydrogens is 411 g/mol. The molecule has 0 aromatic heterocycles. The lowest BCUT2D eigenvalue weighted by molar-refractivity contribution is -0.182. The lowest BCUT2D eigenvalue weighted by Crippen LogP contribution is -2.62. The van der Waals surface area contributed by atoms with Crippen LogP contribution in [0.3, 0.4) is 0 Å². The van der Waals surface area contributed by atoms with Gasteiger partial charge in [0.05, 0.1) is 6.10 Å². The van der Waals surface area contributed by atoms with Gasteiger partial charge < -0.3 is 20.0 Å². The van der Waals surface area contributed by atoms with Crippen LogP contribution in [0.2, 0.25) is 0 Å². The molecule has 6 unspecified atom stereocenters. The van der Waals surface area contributed by atoms with Crippen LogP contribution in [0.4, 0.5) is 0 Å². The lowest BCUT2D eigenvalue weighted by atomic mass is 9.45. The predicted molar refractivity (Wildman–Crippen MR) is 106 cm³/mol. The van der Waals surface area contributed by atoms with Crippen molar-refractivity contribution in [3.05, 3.63) is 11.6 Å². The molecule has 0 saturated heterocycles. The summed E-state index contributed by atoms with van der Waals surface area (Å²) in [7, 11) is -4.83. The first-order valence-corrected chi connectivity index (χ1v) is 12.2. The maximum absolute atomic E-state index is 12.8. The first kappa shape index (κ1) is 22.3. The van der Waals surface area contributed by atoms with Gasteiger partial charge in [-0.2, -0.15) is 0 Å². The Morgan fingerprint density at radius 1 is 1.23 bits per heavy atom. The Labute approximate surface area is 175 Å². The average molecular weight is 442 g/mol. The number of phosphoric ester groups is 1. The van der Waals surface area contributed by atoms with E-state index in [-0.39, 0.29) is 41.8 Å². The summed E-state index contributed by atoms with van der Waals surface area (Å²) in [6, 6.07) is 0. The molecule has 8 nitrogen and oxygen atoms in total. The van der Waals surface area contributed by atoms with Crippen molar-refractivity contribution in [2.45, 2.75) is 70.5 Å². The third-order valence-electron chi connectivity index (χ3n) is 8.87. The number of aliphatic hydroxyl groups excluding tert-OH is 1. The summed E-state index contributed by atoms with van der Waals surface area (Å²) < 4.78 is 15.4. The Balaban J connectivity index is 1.64. The van der Waals surface area contributed by atoms with E-state index in [4.69, 9.17) is 9.79 Å². The molecule has 3 fully saturated rings. The molecule has 7 atom stereocenters. The van der Waals surface area contributed by atoms with Gasteiger partial charge >= 0.3 is 7.82 Å². The molecule has 4 aliphatic rings. The van der Waals surface area contributed by atoms with Crippen molar-refractivity contribution in [3.8, 4) is 0 Å². The summed E-state index contributed by atoms with van der Waals surface area (Å²) in [5.41, 5.74) is -1.84. The molecule has 30 heavy (non-hydrogen) atoms. The topological polar surface area (TPSA) is 141 Å². The third kappa shape index (κ3) is 3.19. The van der Waals surface area contributed by atoms with Crippen LogP contribution >= 0.6 is 7.82 Å². The molecule has 0 spiro atoms. The Bertz CT molecular complexity index is 848. The summed E-state index contributed by atoms with van der Waals surface area (Å²) in [5.74, 6) is -0.522. The van der Waals surface area contributed by atoms with Gasteiger partial charge in [-0.3, -0.25) is 14.1 Å². The van der Waals surface area contributed by atoms with E-state index in [1.165, 1.54) is 0 Å². The molecule has 0 aromatic carbocycles. The van der Waals surface area contributed by atoms with Crippen molar-refractivity contribution >= 4 is 19.4 Å². The number of allylic oxidation sites excluding steroid dienone is 1. The average Bonchev–Trinajstić information content (AvgIpc) is 2.91. The smallest absolute Gasteiger partial charge is 0.393 e. The summed E-state index contributed by atoms with van der Waals surface area (Å²) in [6.07, 6.45) is 4.79. The summed E-state index contributed by atoms with van der Waals surface area (Å²) in [4.78, 5) is 42.6. The van der Waals surface area contributed by atoms with Crippen molar-refractivity contribution < 1.29 is 38.7 Å². The molecule has 4 N–H and O–H groups in total. The molecular formula is C21H31O8P. The number of carbonyl (C=O) groups excluding carboxylic acids is 2. The molecule has 0 radical (unpaired) electrons. The lowest BCUT2D eigenvalue weighted by Gasteiger charge is -2.60. The zero-order chi connectivity index (χ0) is 22.1. The number of phosphoric acid groups is 1. The fraction of sp³-hybridized carbons (Fsp3) is 0.810. The van der Waals surface area contributed by atoms with Crippen LogP contribution < -0.4 is 0 Å². The van der Waals surface area contributed by atoms with Crippen molar-refractivity contribution in [1.82, 2.24) is 0 Å². The number of ketones is 2. The normalized spacial score (nSPS) is 45.9. The number of hydrogen-bond acceptors (Lipinski definition) is 6. The molecule has 4 rings (SSSR count). The molecule has 0 bridgehead atoms. The van der Waals surface area contributed by atoms with E-state index < -0.39 is 37.3 Å². The SMILES string of the molecule is CC12CCC(=O)C=C1CCC1C2C(O)CC2(C)C1CC[C@]2(O)C(=O)COP(=O)(O)O. The van der Waals surface area contributed by atoms with E-state index >= 15 is 0 Å². The van der Waals surface area contributed by atoms with E-state index in [2.05, 4.69) is 11.4 Å². The molecule has 9 heteroatoms. The Hall–Kier alpha value is -0.890. The molecule has 0 aromatic rings. The van der Waals surface area contributed by atoms with Crippen molar-refractivity contribution in [2.75, 3.05) is 6.61 Å². The van der Waals surface area contributed by atoms with E-state index in [1.54, 1.807) is 6.08 Å². The van der Waals surface area contributed by atoms with Gasteiger partial charge in [0.15, 0.2) is 11.6 Å². The zero-order valence-corrected chi connectivity index (χ0v) is 18.3. The molecule has 0 amide bonds. The van der Waals surface area contributed by atoms with Crippen LogP contribution in [-0.4, -0.2) is 49.9 Å². The van der Waals surface area contributed by atoms with Gasteiger partial charge in [-0.05, 0) is 67.8 Å². The van der Waals surface area contributed by atoms with Crippen LogP contribution in [0.5, 0.6) is 0 Å². The quantitative estimate of drug-likeness (QED) is 0.484. The predicted octanol–water partition coefficient (Wildman–Crippen LogP) is 1.90. The van der Waals surface area contributed by atoms with Crippen LogP contribution in [0.15, 0.2) is 11.6 Å². The maximum atomic E-state index is 12.8. The van der Waals surface area contributed by atoms with E-state index in [9.17, 15) is 24.4 Å². The standard InChI is InChI=1S/C21H31O8P/c1-19-7-5-13(22)9-12(19)3-4-14-15-6-8-21(25,17(24)11-29-30(26,27)28)20(15,2)10-16(23)18(14)19/h9,14-16,18,23,25H,3-8,10-11H2,1-2H3,(H2,26,27,28)/t14?,15?,16?,18?,19?,20?,21-/m0/s1. The Morgan fingerprint density at radius 3 is 2.60 bits per heavy atom. The molecule has 0 aliphatic heterocycles. The molecule has 3 saturated carbocycles.